The molecule has 2 aliphatic rings. The van der Waals surface area contributed by atoms with Crippen LogP contribution < -0.4 is 15.0 Å². The third-order valence-corrected chi connectivity index (χ3v) is 5.14. The van der Waals surface area contributed by atoms with Gasteiger partial charge in [-0.3, -0.25) is 4.79 Å². The zero-order chi connectivity index (χ0) is 17.2. The second-order valence-corrected chi connectivity index (χ2v) is 6.88. The fraction of sp³-hybridized carbons (Fsp3) is 0.381. The van der Waals surface area contributed by atoms with Gasteiger partial charge in [0.15, 0.2) is 0 Å². The van der Waals surface area contributed by atoms with Gasteiger partial charge in [-0.05, 0) is 48.2 Å². The van der Waals surface area contributed by atoms with E-state index in [4.69, 9.17) is 4.74 Å². The molecule has 2 aromatic carbocycles. The van der Waals surface area contributed by atoms with Crippen LogP contribution in [0, 0.1) is 0 Å². The molecule has 4 nitrogen and oxygen atoms in total. The first-order valence-electron chi connectivity index (χ1n) is 9.09. The first kappa shape index (κ1) is 18.7. The molecule has 138 valence electrons. The van der Waals surface area contributed by atoms with E-state index in [2.05, 4.69) is 54.7 Å². The molecule has 0 spiro atoms. The summed E-state index contributed by atoms with van der Waals surface area (Å²) in [5.41, 5.74) is 4.85. The van der Waals surface area contributed by atoms with Gasteiger partial charge in [0.05, 0.1) is 6.61 Å². The van der Waals surface area contributed by atoms with Crippen LogP contribution in [-0.4, -0.2) is 19.1 Å². The molecule has 0 aromatic heterocycles. The summed E-state index contributed by atoms with van der Waals surface area (Å²) in [6.07, 6.45) is 2.64. The van der Waals surface area contributed by atoms with Crippen molar-refractivity contribution in [1.29, 1.82) is 0 Å². The van der Waals surface area contributed by atoms with Crippen LogP contribution in [0.25, 0.3) is 0 Å². The molecular formula is C21H25ClN2O2. The van der Waals surface area contributed by atoms with Crippen molar-refractivity contribution in [2.75, 3.05) is 18.1 Å². The summed E-state index contributed by atoms with van der Waals surface area (Å²) in [6, 6.07) is 15.1. The molecule has 0 aliphatic carbocycles. The molecule has 1 fully saturated rings. The maximum atomic E-state index is 11.8. The molecule has 2 aromatic rings. The first-order valence-corrected chi connectivity index (χ1v) is 9.09. The Balaban J connectivity index is 0.00000196. The number of nitrogens with one attached hydrogen (secondary N) is 1. The SMILES string of the molecule is CC(NCc1ccc2c(c1)CCO2)c1ccc(N2CCCC2=O)cc1.Cl. The van der Waals surface area contributed by atoms with E-state index in [-0.39, 0.29) is 24.4 Å². The van der Waals surface area contributed by atoms with Crippen LogP contribution in [0.5, 0.6) is 5.75 Å². The Bertz CT molecular complexity index is 776. The molecule has 1 N–H and O–H groups in total. The van der Waals surface area contributed by atoms with Crippen LogP contribution in [0.3, 0.4) is 0 Å². The summed E-state index contributed by atoms with van der Waals surface area (Å²) in [4.78, 5) is 13.7. The van der Waals surface area contributed by atoms with Crippen LogP contribution in [-0.2, 0) is 17.8 Å². The Kier molecular flexibility index (Phi) is 5.84. The summed E-state index contributed by atoms with van der Waals surface area (Å²) < 4.78 is 5.56. The van der Waals surface area contributed by atoms with Gasteiger partial charge in [0.1, 0.15) is 5.75 Å². The van der Waals surface area contributed by atoms with E-state index in [0.29, 0.717) is 6.42 Å². The van der Waals surface area contributed by atoms with Gasteiger partial charge < -0.3 is 15.0 Å². The van der Waals surface area contributed by atoms with Crippen molar-refractivity contribution >= 4 is 24.0 Å². The lowest BCUT2D eigenvalue weighted by atomic mass is 10.1. The second kappa shape index (κ2) is 8.11. The minimum Gasteiger partial charge on any atom is -0.493 e. The summed E-state index contributed by atoms with van der Waals surface area (Å²) in [6.45, 7) is 4.65. The van der Waals surface area contributed by atoms with Crippen LogP contribution in [0.4, 0.5) is 5.69 Å². The lowest BCUT2D eigenvalue weighted by molar-refractivity contribution is -0.117. The van der Waals surface area contributed by atoms with Gasteiger partial charge in [-0.25, -0.2) is 0 Å². The highest BCUT2D eigenvalue weighted by molar-refractivity contribution is 5.95. The lowest BCUT2D eigenvalue weighted by Gasteiger charge is -2.18. The summed E-state index contributed by atoms with van der Waals surface area (Å²) in [7, 11) is 0. The van der Waals surface area contributed by atoms with Crippen molar-refractivity contribution in [3.8, 4) is 5.75 Å². The number of hydrogen-bond donors (Lipinski definition) is 1. The van der Waals surface area contributed by atoms with E-state index < -0.39 is 0 Å². The maximum Gasteiger partial charge on any atom is 0.227 e. The molecule has 1 unspecified atom stereocenters. The van der Waals surface area contributed by atoms with Crippen molar-refractivity contribution in [2.24, 2.45) is 0 Å². The van der Waals surface area contributed by atoms with Crippen LogP contribution in [0.2, 0.25) is 0 Å². The molecular weight excluding hydrogens is 348 g/mol. The lowest BCUT2D eigenvalue weighted by Crippen LogP contribution is -2.23. The van der Waals surface area contributed by atoms with Crippen LogP contribution >= 0.6 is 12.4 Å². The Hall–Kier alpha value is -2.04. The summed E-state index contributed by atoms with van der Waals surface area (Å²) in [5, 5.41) is 3.58. The Labute approximate surface area is 160 Å². The fourth-order valence-corrected chi connectivity index (χ4v) is 3.60. The number of benzene rings is 2. The number of fused-ring (bicyclic) bond motifs is 1. The number of ether oxygens (including phenoxy) is 1. The highest BCUT2D eigenvalue weighted by Gasteiger charge is 2.21. The highest BCUT2D eigenvalue weighted by Crippen LogP contribution is 2.27. The minimum absolute atomic E-state index is 0. The normalized spacial score (nSPS) is 16.8. The molecule has 26 heavy (non-hydrogen) atoms. The van der Waals surface area contributed by atoms with Gasteiger partial charge in [0.2, 0.25) is 5.91 Å². The Morgan fingerprint density at radius 3 is 2.69 bits per heavy atom. The molecule has 4 rings (SSSR count). The largest absolute Gasteiger partial charge is 0.493 e. The molecule has 0 bridgehead atoms. The number of amides is 1. The number of anilines is 1. The monoisotopic (exact) mass is 372 g/mol. The zero-order valence-corrected chi connectivity index (χ0v) is 15.8. The van der Waals surface area contributed by atoms with E-state index in [1.54, 1.807) is 0 Å². The first-order chi connectivity index (χ1) is 12.2. The van der Waals surface area contributed by atoms with Gasteiger partial charge in [0.25, 0.3) is 0 Å². The third-order valence-electron chi connectivity index (χ3n) is 5.14. The van der Waals surface area contributed by atoms with Crippen LogP contribution in [0.1, 0.15) is 42.5 Å². The number of rotatable bonds is 5. The van der Waals surface area contributed by atoms with Gasteiger partial charge in [0, 0.05) is 37.7 Å². The molecule has 2 heterocycles. The van der Waals surface area contributed by atoms with Gasteiger partial charge >= 0.3 is 0 Å². The maximum absolute atomic E-state index is 11.8. The van der Waals surface area contributed by atoms with Crippen molar-refractivity contribution in [3.05, 3.63) is 59.2 Å². The topological polar surface area (TPSA) is 41.6 Å². The molecule has 0 saturated carbocycles. The van der Waals surface area contributed by atoms with Gasteiger partial charge in [-0.1, -0.05) is 24.3 Å². The molecule has 1 saturated heterocycles. The van der Waals surface area contributed by atoms with Gasteiger partial charge in [-0.15, -0.1) is 12.4 Å². The fourth-order valence-electron chi connectivity index (χ4n) is 3.60. The standard InChI is InChI=1S/C21H24N2O2.ClH/c1-15(22-14-16-4-9-20-18(13-16)10-12-25-20)17-5-7-19(8-6-17)23-11-2-3-21(23)24;/h4-9,13,15,22H,2-3,10-12,14H2,1H3;1H. The Morgan fingerprint density at radius 2 is 1.96 bits per heavy atom. The number of carbonyl (C=O) groups excluding carboxylic acids is 1. The third kappa shape index (κ3) is 3.87. The van der Waals surface area contributed by atoms with Crippen molar-refractivity contribution in [3.63, 3.8) is 0 Å². The molecule has 1 amide bonds. The van der Waals surface area contributed by atoms with Crippen LogP contribution in [0.15, 0.2) is 42.5 Å². The van der Waals surface area contributed by atoms with Crippen molar-refractivity contribution < 1.29 is 9.53 Å². The summed E-state index contributed by atoms with van der Waals surface area (Å²) in [5.74, 6) is 1.27. The Morgan fingerprint density at radius 1 is 1.15 bits per heavy atom. The molecule has 0 radical (unpaired) electrons. The van der Waals surface area contributed by atoms with E-state index >= 15 is 0 Å². The predicted molar refractivity (Wildman–Crippen MR) is 106 cm³/mol. The predicted octanol–water partition coefficient (Wildman–Crippen LogP) is 4.02. The minimum atomic E-state index is 0. The van der Waals surface area contributed by atoms with Gasteiger partial charge in [-0.2, -0.15) is 0 Å². The number of hydrogen-bond acceptors (Lipinski definition) is 3. The van der Waals surface area contributed by atoms with E-state index in [0.717, 1.165) is 44.0 Å². The second-order valence-electron chi connectivity index (χ2n) is 6.88. The number of halogens is 1. The van der Waals surface area contributed by atoms with E-state index in [1.807, 2.05) is 4.90 Å². The number of nitrogens with zero attached hydrogens (tertiary/aromatic N) is 1. The molecule has 1 atom stereocenters. The summed E-state index contributed by atoms with van der Waals surface area (Å²) >= 11 is 0. The molecule has 2 aliphatic heterocycles. The van der Waals surface area contributed by atoms with Crippen molar-refractivity contribution in [1.82, 2.24) is 5.32 Å². The highest BCUT2D eigenvalue weighted by atomic mass is 35.5. The smallest absolute Gasteiger partial charge is 0.227 e. The average Bonchev–Trinajstić information content (AvgIpc) is 3.28. The molecule has 5 heteroatoms. The van der Waals surface area contributed by atoms with E-state index in [1.165, 1.54) is 16.7 Å². The van der Waals surface area contributed by atoms with Crippen molar-refractivity contribution in [2.45, 2.75) is 38.8 Å². The zero-order valence-electron chi connectivity index (χ0n) is 15.0. The quantitative estimate of drug-likeness (QED) is 0.861. The van der Waals surface area contributed by atoms with E-state index in [9.17, 15) is 4.79 Å². The number of carbonyl (C=O) groups is 1. The average molecular weight is 373 g/mol.